The molecule has 28 heavy (non-hydrogen) atoms. The summed E-state index contributed by atoms with van der Waals surface area (Å²) in [6, 6.07) is 17.0. The summed E-state index contributed by atoms with van der Waals surface area (Å²) in [7, 11) is 0. The van der Waals surface area contributed by atoms with Crippen LogP contribution in [-0.4, -0.2) is 15.9 Å². The van der Waals surface area contributed by atoms with Crippen LogP contribution in [0.1, 0.15) is 19.4 Å². The number of nitrogens with one attached hydrogen (secondary N) is 1. The van der Waals surface area contributed by atoms with Crippen molar-refractivity contribution in [1.29, 1.82) is 0 Å². The Morgan fingerprint density at radius 3 is 2.61 bits per heavy atom. The molecular formula is C22H18FN3O2. The van der Waals surface area contributed by atoms with Crippen molar-refractivity contribution in [3.63, 3.8) is 0 Å². The molecule has 1 N–H and O–H groups in total. The zero-order valence-corrected chi connectivity index (χ0v) is 15.4. The molecule has 0 saturated carbocycles. The van der Waals surface area contributed by atoms with Crippen molar-refractivity contribution in [2.45, 2.75) is 19.3 Å². The Hall–Kier alpha value is -3.54. The Bertz CT molecular complexity index is 1150. The minimum Gasteiger partial charge on any atom is -0.435 e. The van der Waals surface area contributed by atoms with Crippen LogP contribution in [0.15, 0.2) is 71.3 Å². The lowest BCUT2D eigenvalue weighted by atomic mass is 9.83. The van der Waals surface area contributed by atoms with Crippen molar-refractivity contribution in [1.82, 2.24) is 9.97 Å². The van der Waals surface area contributed by atoms with Crippen LogP contribution in [0.4, 0.5) is 10.1 Å². The smallest absolute Gasteiger partial charge is 0.246 e. The van der Waals surface area contributed by atoms with Crippen LogP contribution in [0.5, 0.6) is 0 Å². The second-order valence-electron chi connectivity index (χ2n) is 6.98. The molecule has 0 aliphatic heterocycles. The molecule has 0 bridgehead atoms. The molecule has 2 heterocycles. The molecule has 0 saturated heterocycles. The number of carbonyl (C=O) groups excluding carboxylic acids is 1. The standard InChI is InChI=1S/C22H18FN3O2/c1-22(2,15-7-3-4-8-16(15)23)21(27)25-14-10-11-17-19(13-14)28-20(26-17)18-9-5-6-12-24-18/h3-13H,1-2H3,(H,25,27). The number of rotatable bonds is 4. The summed E-state index contributed by atoms with van der Waals surface area (Å²) >= 11 is 0. The van der Waals surface area contributed by atoms with E-state index in [1.54, 1.807) is 56.4 Å². The Morgan fingerprint density at radius 2 is 1.86 bits per heavy atom. The number of hydrogen-bond acceptors (Lipinski definition) is 4. The third kappa shape index (κ3) is 3.24. The maximum Gasteiger partial charge on any atom is 0.246 e. The van der Waals surface area contributed by atoms with Crippen molar-refractivity contribution < 1.29 is 13.6 Å². The molecule has 0 aliphatic carbocycles. The molecule has 0 radical (unpaired) electrons. The van der Waals surface area contributed by atoms with E-state index in [1.165, 1.54) is 6.07 Å². The summed E-state index contributed by atoms with van der Waals surface area (Å²) in [5, 5.41) is 2.84. The second kappa shape index (κ2) is 6.88. The van der Waals surface area contributed by atoms with E-state index < -0.39 is 11.2 Å². The number of anilines is 1. The van der Waals surface area contributed by atoms with Gasteiger partial charge in [-0.3, -0.25) is 9.78 Å². The summed E-state index contributed by atoms with van der Waals surface area (Å²) in [6.45, 7) is 3.37. The van der Waals surface area contributed by atoms with Gasteiger partial charge in [-0.05, 0) is 44.2 Å². The third-order valence-corrected chi connectivity index (χ3v) is 4.65. The summed E-state index contributed by atoms with van der Waals surface area (Å²) in [6.07, 6.45) is 1.67. The molecule has 0 fully saturated rings. The van der Waals surface area contributed by atoms with E-state index in [-0.39, 0.29) is 5.91 Å². The molecule has 0 unspecified atom stereocenters. The molecule has 0 atom stereocenters. The van der Waals surface area contributed by atoms with Gasteiger partial charge >= 0.3 is 0 Å². The van der Waals surface area contributed by atoms with Crippen molar-refractivity contribution in [2.75, 3.05) is 5.32 Å². The van der Waals surface area contributed by atoms with Crippen molar-refractivity contribution in [3.05, 3.63) is 78.2 Å². The predicted octanol–water partition coefficient (Wildman–Crippen LogP) is 4.95. The molecule has 0 aliphatic rings. The van der Waals surface area contributed by atoms with Gasteiger partial charge in [0.25, 0.3) is 0 Å². The van der Waals surface area contributed by atoms with Gasteiger partial charge in [-0.15, -0.1) is 0 Å². The van der Waals surface area contributed by atoms with E-state index in [0.717, 1.165) is 0 Å². The summed E-state index contributed by atoms with van der Waals surface area (Å²) in [5.74, 6) is -0.319. The molecule has 140 valence electrons. The fourth-order valence-corrected chi connectivity index (χ4v) is 2.98. The van der Waals surface area contributed by atoms with E-state index in [9.17, 15) is 9.18 Å². The fourth-order valence-electron chi connectivity index (χ4n) is 2.98. The Labute approximate surface area is 161 Å². The van der Waals surface area contributed by atoms with Crippen LogP contribution in [-0.2, 0) is 10.2 Å². The minimum absolute atomic E-state index is 0.318. The van der Waals surface area contributed by atoms with E-state index >= 15 is 0 Å². The Kier molecular flexibility index (Phi) is 4.39. The van der Waals surface area contributed by atoms with E-state index in [4.69, 9.17) is 4.42 Å². The largest absolute Gasteiger partial charge is 0.435 e. The second-order valence-corrected chi connectivity index (χ2v) is 6.98. The number of nitrogens with zero attached hydrogens (tertiary/aromatic N) is 2. The number of amides is 1. The molecule has 1 amide bonds. The highest BCUT2D eigenvalue weighted by Gasteiger charge is 2.32. The minimum atomic E-state index is -1.04. The molecule has 6 heteroatoms. The van der Waals surface area contributed by atoms with Crippen LogP contribution < -0.4 is 5.32 Å². The maximum absolute atomic E-state index is 14.1. The first kappa shape index (κ1) is 17.9. The van der Waals surface area contributed by atoms with Gasteiger partial charge in [0.05, 0.1) is 5.41 Å². The van der Waals surface area contributed by atoms with Gasteiger partial charge in [-0.1, -0.05) is 24.3 Å². The first-order valence-electron chi connectivity index (χ1n) is 8.83. The fraction of sp³-hybridized carbons (Fsp3) is 0.136. The molecule has 2 aromatic carbocycles. The van der Waals surface area contributed by atoms with E-state index in [1.807, 2.05) is 18.2 Å². The number of carbonyl (C=O) groups is 1. The quantitative estimate of drug-likeness (QED) is 0.548. The highest BCUT2D eigenvalue weighted by atomic mass is 19.1. The Balaban J connectivity index is 1.61. The summed E-state index contributed by atoms with van der Waals surface area (Å²) < 4.78 is 19.9. The van der Waals surface area contributed by atoms with Crippen LogP contribution in [0.2, 0.25) is 0 Å². The molecular weight excluding hydrogens is 357 g/mol. The highest BCUT2D eigenvalue weighted by Crippen LogP contribution is 2.29. The van der Waals surface area contributed by atoms with Crippen LogP contribution in [0.3, 0.4) is 0 Å². The van der Waals surface area contributed by atoms with Gasteiger partial charge < -0.3 is 9.73 Å². The highest BCUT2D eigenvalue weighted by molar-refractivity contribution is 5.99. The van der Waals surface area contributed by atoms with E-state index in [0.29, 0.717) is 33.9 Å². The number of halogens is 1. The molecule has 0 spiro atoms. The van der Waals surface area contributed by atoms with Gasteiger partial charge in [0.2, 0.25) is 11.8 Å². The average Bonchev–Trinajstić information content (AvgIpc) is 3.12. The lowest BCUT2D eigenvalue weighted by Crippen LogP contribution is -2.35. The van der Waals surface area contributed by atoms with Gasteiger partial charge in [-0.2, -0.15) is 0 Å². The lowest BCUT2D eigenvalue weighted by molar-refractivity contribution is -0.120. The lowest BCUT2D eigenvalue weighted by Gasteiger charge is -2.24. The van der Waals surface area contributed by atoms with Crippen LogP contribution in [0.25, 0.3) is 22.7 Å². The van der Waals surface area contributed by atoms with Gasteiger partial charge in [0.15, 0.2) is 5.58 Å². The van der Waals surface area contributed by atoms with E-state index in [2.05, 4.69) is 15.3 Å². The van der Waals surface area contributed by atoms with Crippen LogP contribution >= 0.6 is 0 Å². The first-order chi connectivity index (χ1) is 13.4. The zero-order valence-electron chi connectivity index (χ0n) is 15.4. The normalized spacial score (nSPS) is 11.5. The number of pyridine rings is 1. The van der Waals surface area contributed by atoms with Crippen molar-refractivity contribution in [3.8, 4) is 11.6 Å². The maximum atomic E-state index is 14.1. The molecule has 4 aromatic rings. The summed E-state index contributed by atoms with van der Waals surface area (Å²) in [5.41, 5.74) is 1.66. The molecule has 2 aromatic heterocycles. The SMILES string of the molecule is CC(C)(C(=O)Nc1ccc2nc(-c3ccccn3)oc2c1)c1ccccc1F. The summed E-state index contributed by atoms with van der Waals surface area (Å²) in [4.78, 5) is 21.5. The average molecular weight is 375 g/mol. The number of oxazole rings is 1. The molecule has 5 nitrogen and oxygen atoms in total. The monoisotopic (exact) mass is 375 g/mol. The van der Waals surface area contributed by atoms with Crippen molar-refractivity contribution in [2.24, 2.45) is 0 Å². The Morgan fingerprint density at radius 1 is 1.07 bits per heavy atom. The molecule has 4 rings (SSSR count). The van der Waals surface area contributed by atoms with Crippen LogP contribution in [0, 0.1) is 5.82 Å². The van der Waals surface area contributed by atoms with Gasteiger partial charge in [0, 0.05) is 23.5 Å². The predicted molar refractivity (Wildman–Crippen MR) is 105 cm³/mol. The van der Waals surface area contributed by atoms with Gasteiger partial charge in [-0.25, -0.2) is 9.37 Å². The van der Waals surface area contributed by atoms with Crippen molar-refractivity contribution >= 4 is 22.7 Å². The number of fused-ring (bicyclic) bond motifs is 1. The number of benzene rings is 2. The third-order valence-electron chi connectivity index (χ3n) is 4.65. The van der Waals surface area contributed by atoms with Gasteiger partial charge in [0.1, 0.15) is 17.0 Å². The zero-order chi connectivity index (χ0) is 19.7. The topological polar surface area (TPSA) is 68.0 Å². The first-order valence-corrected chi connectivity index (χ1v) is 8.83. The number of aromatic nitrogens is 2. The number of hydrogen-bond donors (Lipinski definition) is 1.